The average Bonchev–Trinajstić information content (AvgIpc) is 2.54. The zero-order valence-corrected chi connectivity index (χ0v) is 14.3. The van der Waals surface area contributed by atoms with E-state index in [-0.39, 0.29) is 17.7 Å². The van der Waals surface area contributed by atoms with E-state index in [9.17, 15) is 13.2 Å². The highest BCUT2D eigenvalue weighted by molar-refractivity contribution is 7.89. The molecule has 0 atom stereocenters. The molecule has 1 saturated heterocycles. The standard InChI is InChI=1S/C16H25N3O3S/c1-2-23(21,22)19-11-9-14(10-12-19)18-16(20)8-7-13-5-3-4-6-15(13)17/h3-6,14H,2,7-12,17H2,1H3,(H,18,20). The fourth-order valence-electron chi connectivity index (χ4n) is 2.77. The van der Waals surface area contributed by atoms with Crippen LogP contribution in [0.25, 0.3) is 0 Å². The van der Waals surface area contributed by atoms with Gasteiger partial charge in [0, 0.05) is 31.2 Å². The van der Waals surface area contributed by atoms with Crippen molar-refractivity contribution in [1.82, 2.24) is 9.62 Å². The van der Waals surface area contributed by atoms with Crippen molar-refractivity contribution in [2.75, 3.05) is 24.6 Å². The van der Waals surface area contributed by atoms with Crippen LogP contribution < -0.4 is 11.1 Å². The van der Waals surface area contributed by atoms with Crippen molar-refractivity contribution in [3.8, 4) is 0 Å². The van der Waals surface area contributed by atoms with Crippen LogP contribution in [0.1, 0.15) is 31.7 Å². The molecular formula is C16H25N3O3S. The van der Waals surface area contributed by atoms with Crippen LogP contribution >= 0.6 is 0 Å². The molecule has 0 radical (unpaired) electrons. The van der Waals surface area contributed by atoms with Crippen molar-refractivity contribution in [2.24, 2.45) is 0 Å². The summed E-state index contributed by atoms with van der Waals surface area (Å²) in [7, 11) is -3.12. The number of amides is 1. The molecule has 23 heavy (non-hydrogen) atoms. The summed E-state index contributed by atoms with van der Waals surface area (Å²) in [5.41, 5.74) is 7.55. The van der Waals surface area contributed by atoms with Gasteiger partial charge < -0.3 is 11.1 Å². The Balaban J connectivity index is 1.76. The Morgan fingerprint density at radius 3 is 2.57 bits per heavy atom. The van der Waals surface area contributed by atoms with Crippen LogP contribution in [0.4, 0.5) is 5.69 Å². The molecule has 0 spiro atoms. The average molecular weight is 339 g/mol. The first-order valence-corrected chi connectivity index (χ1v) is 9.64. The van der Waals surface area contributed by atoms with E-state index < -0.39 is 10.0 Å². The Labute approximate surface area is 138 Å². The van der Waals surface area contributed by atoms with Gasteiger partial charge in [-0.15, -0.1) is 0 Å². The van der Waals surface area contributed by atoms with E-state index in [4.69, 9.17) is 5.73 Å². The number of para-hydroxylation sites is 1. The Hall–Kier alpha value is -1.60. The minimum atomic E-state index is -3.12. The predicted molar refractivity (Wildman–Crippen MR) is 91.4 cm³/mol. The molecule has 6 nitrogen and oxygen atoms in total. The SMILES string of the molecule is CCS(=O)(=O)N1CCC(NC(=O)CCc2ccccc2N)CC1. The number of anilines is 1. The monoisotopic (exact) mass is 339 g/mol. The second-order valence-corrected chi connectivity index (χ2v) is 8.10. The van der Waals surface area contributed by atoms with Gasteiger partial charge in [0.05, 0.1) is 5.75 Å². The molecular weight excluding hydrogens is 314 g/mol. The van der Waals surface area contributed by atoms with Gasteiger partial charge in [-0.3, -0.25) is 4.79 Å². The van der Waals surface area contributed by atoms with Gasteiger partial charge in [-0.25, -0.2) is 12.7 Å². The summed E-state index contributed by atoms with van der Waals surface area (Å²) < 4.78 is 25.1. The highest BCUT2D eigenvalue weighted by Gasteiger charge is 2.27. The topological polar surface area (TPSA) is 92.5 Å². The number of hydrogen-bond donors (Lipinski definition) is 2. The zero-order chi connectivity index (χ0) is 16.9. The second-order valence-electron chi connectivity index (χ2n) is 5.84. The van der Waals surface area contributed by atoms with Crippen LogP contribution in [0.15, 0.2) is 24.3 Å². The molecule has 0 unspecified atom stereocenters. The smallest absolute Gasteiger partial charge is 0.220 e. The number of sulfonamides is 1. The second kappa shape index (κ2) is 7.79. The van der Waals surface area contributed by atoms with Crippen molar-refractivity contribution in [1.29, 1.82) is 0 Å². The number of aryl methyl sites for hydroxylation is 1. The molecule has 1 heterocycles. The van der Waals surface area contributed by atoms with E-state index in [0.717, 1.165) is 5.56 Å². The molecule has 3 N–H and O–H groups in total. The summed E-state index contributed by atoms with van der Waals surface area (Å²) in [4.78, 5) is 12.0. The van der Waals surface area contributed by atoms with E-state index >= 15 is 0 Å². The van der Waals surface area contributed by atoms with E-state index in [1.807, 2.05) is 24.3 Å². The van der Waals surface area contributed by atoms with Crippen LogP contribution in [0.3, 0.4) is 0 Å². The normalized spacial score (nSPS) is 17.1. The molecule has 1 amide bonds. The van der Waals surface area contributed by atoms with Crippen LogP contribution in [-0.4, -0.2) is 43.5 Å². The Morgan fingerprint density at radius 1 is 1.30 bits per heavy atom. The molecule has 2 rings (SSSR count). The third-order valence-corrected chi connectivity index (χ3v) is 6.14. The number of nitrogen functional groups attached to an aromatic ring is 1. The minimum absolute atomic E-state index is 0.00921. The van der Waals surface area contributed by atoms with Gasteiger partial charge in [0.25, 0.3) is 0 Å². The first-order chi connectivity index (χ1) is 10.9. The summed E-state index contributed by atoms with van der Waals surface area (Å²) in [5, 5.41) is 3.00. The maximum Gasteiger partial charge on any atom is 0.220 e. The van der Waals surface area contributed by atoms with Crippen LogP contribution in [0, 0.1) is 0 Å². The summed E-state index contributed by atoms with van der Waals surface area (Å²) in [5.74, 6) is 0.118. The molecule has 1 aliphatic heterocycles. The molecule has 1 aromatic carbocycles. The van der Waals surface area contributed by atoms with E-state index in [1.54, 1.807) is 6.92 Å². The van der Waals surface area contributed by atoms with Gasteiger partial charge in [-0.2, -0.15) is 0 Å². The van der Waals surface area contributed by atoms with Crippen LogP contribution in [0.2, 0.25) is 0 Å². The van der Waals surface area contributed by atoms with Gasteiger partial charge in [0.1, 0.15) is 0 Å². The number of nitrogens with one attached hydrogen (secondary N) is 1. The quantitative estimate of drug-likeness (QED) is 0.760. The third kappa shape index (κ3) is 4.94. The number of carbonyl (C=O) groups is 1. The molecule has 0 aromatic heterocycles. The summed E-state index contributed by atoms with van der Waals surface area (Å²) in [6, 6.07) is 7.59. The number of rotatable bonds is 6. The number of nitrogens with two attached hydrogens (primary N) is 1. The van der Waals surface area contributed by atoms with Crippen LogP contribution in [0.5, 0.6) is 0 Å². The summed E-state index contributed by atoms with van der Waals surface area (Å²) >= 11 is 0. The van der Waals surface area contributed by atoms with Gasteiger partial charge in [-0.05, 0) is 37.8 Å². The number of nitrogens with zero attached hydrogens (tertiary/aromatic N) is 1. The lowest BCUT2D eigenvalue weighted by atomic mass is 10.0. The Morgan fingerprint density at radius 2 is 1.96 bits per heavy atom. The minimum Gasteiger partial charge on any atom is -0.399 e. The summed E-state index contributed by atoms with van der Waals surface area (Å²) in [6.45, 7) is 2.61. The molecule has 128 valence electrons. The molecule has 7 heteroatoms. The van der Waals surface area contributed by atoms with Gasteiger partial charge in [0.15, 0.2) is 0 Å². The molecule has 1 fully saturated rings. The fourth-order valence-corrected chi connectivity index (χ4v) is 3.90. The predicted octanol–water partition coefficient (Wildman–Crippen LogP) is 1.13. The van der Waals surface area contributed by atoms with Crippen molar-refractivity contribution < 1.29 is 13.2 Å². The Bertz CT molecular complexity index is 638. The van der Waals surface area contributed by atoms with Crippen LogP contribution in [-0.2, 0) is 21.2 Å². The third-order valence-electron chi connectivity index (χ3n) is 4.25. The number of hydrogen-bond acceptors (Lipinski definition) is 4. The van der Waals surface area contributed by atoms with Crippen molar-refractivity contribution in [2.45, 2.75) is 38.6 Å². The molecule has 0 saturated carbocycles. The summed E-state index contributed by atoms with van der Waals surface area (Å²) in [6.07, 6.45) is 2.33. The van der Waals surface area contributed by atoms with Gasteiger partial charge in [-0.1, -0.05) is 18.2 Å². The van der Waals surface area contributed by atoms with Gasteiger partial charge in [0.2, 0.25) is 15.9 Å². The molecule has 1 aliphatic rings. The first kappa shape index (κ1) is 17.7. The lowest BCUT2D eigenvalue weighted by Gasteiger charge is -2.31. The fraction of sp³-hybridized carbons (Fsp3) is 0.562. The largest absolute Gasteiger partial charge is 0.399 e. The van der Waals surface area contributed by atoms with Crippen molar-refractivity contribution >= 4 is 21.6 Å². The number of carbonyl (C=O) groups excluding carboxylic acids is 1. The maximum atomic E-state index is 12.0. The molecule has 0 aliphatic carbocycles. The highest BCUT2D eigenvalue weighted by atomic mass is 32.2. The molecule has 1 aromatic rings. The van der Waals surface area contributed by atoms with Crippen molar-refractivity contribution in [3.05, 3.63) is 29.8 Å². The first-order valence-electron chi connectivity index (χ1n) is 8.03. The Kier molecular flexibility index (Phi) is 6.01. The molecule has 0 bridgehead atoms. The highest BCUT2D eigenvalue weighted by Crippen LogP contribution is 2.16. The lowest BCUT2D eigenvalue weighted by molar-refractivity contribution is -0.122. The van der Waals surface area contributed by atoms with E-state index in [0.29, 0.717) is 44.5 Å². The number of piperidine rings is 1. The van der Waals surface area contributed by atoms with E-state index in [2.05, 4.69) is 5.32 Å². The van der Waals surface area contributed by atoms with Crippen molar-refractivity contribution in [3.63, 3.8) is 0 Å². The zero-order valence-electron chi connectivity index (χ0n) is 13.5. The van der Waals surface area contributed by atoms with Gasteiger partial charge >= 0.3 is 0 Å². The maximum absolute atomic E-state index is 12.0. The number of benzene rings is 1. The van der Waals surface area contributed by atoms with E-state index in [1.165, 1.54) is 4.31 Å². The lowest BCUT2D eigenvalue weighted by Crippen LogP contribution is -2.46.